The highest BCUT2D eigenvalue weighted by molar-refractivity contribution is 6.03. The second-order valence-electron chi connectivity index (χ2n) is 8.82. The zero-order chi connectivity index (χ0) is 22.7. The van der Waals surface area contributed by atoms with Crippen LogP contribution in [-0.4, -0.2) is 48.1 Å². The number of ether oxygens (including phenoxy) is 1. The van der Waals surface area contributed by atoms with E-state index in [4.69, 9.17) is 9.84 Å². The molecule has 2 aliphatic rings. The maximum atomic E-state index is 13.3. The summed E-state index contributed by atoms with van der Waals surface area (Å²) in [6.07, 6.45) is 4.64. The Morgan fingerprint density at radius 1 is 1.12 bits per heavy atom. The Labute approximate surface area is 189 Å². The van der Waals surface area contributed by atoms with Crippen LogP contribution in [0.15, 0.2) is 53.6 Å². The van der Waals surface area contributed by atoms with Crippen LogP contribution in [0.5, 0.6) is 5.75 Å². The summed E-state index contributed by atoms with van der Waals surface area (Å²) in [7, 11) is 3.36. The van der Waals surface area contributed by atoms with Crippen molar-refractivity contribution in [1.82, 2.24) is 9.91 Å². The first kappa shape index (κ1) is 22.1. The molecule has 0 bridgehead atoms. The van der Waals surface area contributed by atoms with Crippen LogP contribution >= 0.6 is 0 Å². The molecule has 2 amide bonds. The van der Waals surface area contributed by atoms with Gasteiger partial charge < -0.3 is 9.64 Å². The number of carbonyl (C=O) groups is 2. The Bertz CT molecular complexity index is 1010. The molecule has 0 saturated heterocycles. The average Bonchev–Trinajstić information content (AvgIpc) is 3.50. The molecule has 6 nitrogen and oxygen atoms in total. The van der Waals surface area contributed by atoms with Crippen LogP contribution in [0.4, 0.5) is 0 Å². The SMILES string of the molecule is COc1cccc(C2=NN(C(=O)CN(C)C(=O)C3CCCC3)[C@@H](c3ccc(C)cc3)C2)c1. The first-order chi connectivity index (χ1) is 15.5. The smallest absolute Gasteiger partial charge is 0.262 e. The van der Waals surface area contributed by atoms with E-state index < -0.39 is 0 Å². The summed E-state index contributed by atoms with van der Waals surface area (Å²) in [6, 6.07) is 15.8. The van der Waals surface area contributed by atoms with Crippen molar-refractivity contribution < 1.29 is 14.3 Å². The zero-order valence-electron chi connectivity index (χ0n) is 19.1. The van der Waals surface area contributed by atoms with E-state index in [9.17, 15) is 9.59 Å². The monoisotopic (exact) mass is 433 g/mol. The van der Waals surface area contributed by atoms with Crippen molar-refractivity contribution in [2.24, 2.45) is 11.0 Å². The summed E-state index contributed by atoms with van der Waals surface area (Å²) in [4.78, 5) is 27.6. The van der Waals surface area contributed by atoms with Gasteiger partial charge in [0.2, 0.25) is 5.91 Å². The molecule has 2 aromatic rings. The molecule has 0 aromatic heterocycles. The Balaban J connectivity index is 1.58. The van der Waals surface area contributed by atoms with Crippen molar-refractivity contribution >= 4 is 17.5 Å². The van der Waals surface area contributed by atoms with E-state index in [2.05, 4.69) is 24.3 Å². The fraction of sp³-hybridized carbons (Fsp3) is 0.423. The molecule has 1 heterocycles. The molecule has 1 aliphatic carbocycles. The quantitative estimate of drug-likeness (QED) is 0.681. The topological polar surface area (TPSA) is 62.2 Å². The summed E-state index contributed by atoms with van der Waals surface area (Å²) in [5, 5.41) is 6.30. The van der Waals surface area contributed by atoms with Crippen LogP contribution in [0.2, 0.25) is 0 Å². The van der Waals surface area contributed by atoms with Gasteiger partial charge in [-0.3, -0.25) is 9.59 Å². The van der Waals surface area contributed by atoms with Gasteiger partial charge in [-0.2, -0.15) is 5.10 Å². The van der Waals surface area contributed by atoms with Crippen molar-refractivity contribution in [1.29, 1.82) is 0 Å². The minimum atomic E-state index is -0.195. The van der Waals surface area contributed by atoms with E-state index in [1.807, 2.05) is 31.2 Å². The second-order valence-corrected chi connectivity index (χ2v) is 8.82. The number of carbonyl (C=O) groups excluding carboxylic acids is 2. The van der Waals surface area contributed by atoms with Crippen LogP contribution in [0, 0.1) is 12.8 Å². The lowest BCUT2D eigenvalue weighted by atomic mass is 9.97. The van der Waals surface area contributed by atoms with Gasteiger partial charge >= 0.3 is 0 Å². The molecular weight excluding hydrogens is 402 g/mol. The van der Waals surface area contributed by atoms with E-state index in [1.165, 1.54) is 5.56 Å². The predicted octanol–water partition coefficient (Wildman–Crippen LogP) is 4.33. The molecule has 1 aliphatic heterocycles. The lowest BCUT2D eigenvalue weighted by Crippen LogP contribution is -2.41. The Kier molecular flexibility index (Phi) is 6.58. The first-order valence-electron chi connectivity index (χ1n) is 11.3. The van der Waals surface area contributed by atoms with Crippen LogP contribution in [0.3, 0.4) is 0 Å². The summed E-state index contributed by atoms with van der Waals surface area (Å²) < 4.78 is 5.36. The molecule has 1 atom stereocenters. The largest absolute Gasteiger partial charge is 0.497 e. The van der Waals surface area contributed by atoms with E-state index in [0.29, 0.717) is 6.42 Å². The number of nitrogens with zero attached hydrogens (tertiary/aromatic N) is 3. The third kappa shape index (κ3) is 4.69. The van der Waals surface area contributed by atoms with Crippen LogP contribution in [0.1, 0.15) is 54.8 Å². The Morgan fingerprint density at radius 3 is 2.53 bits per heavy atom. The van der Waals surface area contributed by atoms with Gasteiger partial charge in [-0.1, -0.05) is 54.8 Å². The third-order valence-electron chi connectivity index (χ3n) is 6.48. The summed E-state index contributed by atoms with van der Waals surface area (Å²) in [5.74, 6) is 0.708. The molecule has 1 saturated carbocycles. The maximum absolute atomic E-state index is 13.3. The minimum absolute atomic E-state index is 0.0343. The number of rotatable bonds is 6. The van der Waals surface area contributed by atoms with Gasteiger partial charge in [0.15, 0.2) is 0 Å². The molecular formula is C26H31N3O3. The number of hydrazone groups is 1. The molecule has 0 N–H and O–H groups in total. The summed E-state index contributed by atoms with van der Waals surface area (Å²) >= 11 is 0. The molecule has 1 fully saturated rings. The van der Waals surface area contributed by atoms with Gasteiger partial charge in [-0.25, -0.2) is 5.01 Å². The number of methoxy groups -OCH3 is 1. The van der Waals surface area contributed by atoms with Gasteiger partial charge in [-0.15, -0.1) is 0 Å². The zero-order valence-corrected chi connectivity index (χ0v) is 19.1. The van der Waals surface area contributed by atoms with Crippen molar-refractivity contribution in [2.75, 3.05) is 20.7 Å². The lowest BCUT2D eigenvalue weighted by molar-refractivity contribution is -0.142. The van der Waals surface area contributed by atoms with E-state index in [1.54, 1.807) is 24.1 Å². The highest BCUT2D eigenvalue weighted by Gasteiger charge is 2.35. The predicted molar refractivity (Wildman–Crippen MR) is 125 cm³/mol. The fourth-order valence-electron chi connectivity index (χ4n) is 4.60. The van der Waals surface area contributed by atoms with E-state index >= 15 is 0 Å². The van der Waals surface area contributed by atoms with E-state index in [-0.39, 0.29) is 30.3 Å². The summed E-state index contributed by atoms with van der Waals surface area (Å²) in [5.41, 5.74) is 3.98. The van der Waals surface area contributed by atoms with Crippen LogP contribution in [-0.2, 0) is 9.59 Å². The van der Waals surface area contributed by atoms with Gasteiger partial charge in [0, 0.05) is 24.9 Å². The molecule has 0 radical (unpaired) electrons. The summed E-state index contributed by atoms with van der Waals surface area (Å²) in [6.45, 7) is 2.08. The van der Waals surface area contributed by atoms with Crippen LogP contribution < -0.4 is 4.74 Å². The normalized spacial score (nSPS) is 18.5. The number of likely N-dealkylation sites (N-methyl/N-ethyl adjacent to an activating group) is 1. The highest BCUT2D eigenvalue weighted by atomic mass is 16.5. The second kappa shape index (κ2) is 9.55. The van der Waals surface area contributed by atoms with Crippen LogP contribution in [0.25, 0.3) is 0 Å². The minimum Gasteiger partial charge on any atom is -0.497 e. The maximum Gasteiger partial charge on any atom is 0.262 e. The average molecular weight is 434 g/mol. The molecule has 32 heavy (non-hydrogen) atoms. The molecule has 6 heteroatoms. The Hall–Kier alpha value is -3.15. The van der Waals surface area contributed by atoms with Crippen molar-refractivity contribution in [2.45, 2.75) is 45.1 Å². The number of benzene rings is 2. The third-order valence-corrected chi connectivity index (χ3v) is 6.48. The van der Waals surface area contributed by atoms with Gasteiger partial charge in [0.05, 0.1) is 18.9 Å². The highest BCUT2D eigenvalue weighted by Crippen LogP contribution is 2.34. The molecule has 168 valence electrons. The number of hydrogen-bond acceptors (Lipinski definition) is 4. The Morgan fingerprint density at radius 2 is 1.84 bits per heavy atom. The lowest BCUT2D eigenvalue weighted by Gasteiger charge is -2.26. The number of hydrogen-bond donors (Lipinski definition) is 0. The molecule has 4 rings (SSSR count). The molecule has 0 spiro atoms. The number of aryl methyl sites for hydroxylation is 1. The number of amides is 2. The van der Waals surface area contributed by atoms with Crippen molar-refractivity contribution in [3.8, 4) is 5.75 Å². The van der Waals surface area contributed by atoms with E-state index in [0.717, 1.165) is 48.3 Å². The first-order valence-corrected chi connectivity index (χ1v) is 11.3. The van der Waals surface area contributed by atoms with Crippen molar-refractivity contribution in [3.05, 3.63) is 65.2 Å². The molecule has 2 aromatic carbocycles. The van der Waals surface area contributed by atoms with Gasteiger partial charge in [-0.05, 0) is 37.5 Å². The standard InChI is InChI=1S/C26H31N3O3/c1-18-11-13-19(14-12-18)24-16-23(21-9-6-10-22(15-21)32-3)27-29(24)25(30)17-28(2)26(31)20-7-4-5-8-20/h6,9-15,20,24H,4-5,7-8,16-17H2,1-3H3/t24-/m1/s1. The molecule has 0 unspecified atom stereocenters. The van der Waals surface area contributed by atoms with Gasteiger partial charge in [0.1, 0.15) is 12.3 Å². The fourth-order valence-corrected chi connectivity index (χ4v) is 4.60. The van der Waals surface area contributed by atoms with Crippen molar-refractivity contribution in [3.63, 3.8) is 0 Å². The van der Waals surface area contributed by atoms with Gasteiger partial charge in [0.25, 0.3) is 5.91 Å².